The second-order valence-corrected chi connectivity index (χ2v) is 6.46. The first kappa shape index (κ1) is 17.2. The molecule has 0 saturated carbocycles. The van der Waals surface area contributed by atoms with E-state index in [4.69, 9.17) is 4.74 Å². The lowest BCUT2D eigenvalue weighted by molar-refractivity contribution is -0.119. The number of methoxy groups -OCH3 is 1. The highest BCUT2D eigenvalue weighted by Crippen LogP contribution is 2.32. The van der Waals surface area contributed by atoms with E-state index in [1.807, 2.05) is 35.2 Å². The van der Waals surface area contributed by atoms with Gasteiger partial charge >= 0.3 is 5.97 Å². The minimum Gasteiger partial charge on any atom is -0.465 e. The van der Waals surface area contributed by atoms with E-state index in [0.717, 1.165) is 29.7 Å². The molecule has 3 rings (SSSR count). The predicted molar refractivity (Wildman–Crippen MR) is 97.9 cm³/mol. The van der Waals surface area contributed by atoms with Crippen molar-refractivity contribution < 1.29 is 14.3 Å². The number of fused-ring (bicyclic) bond motifs is 1. The van der Waals surface area contributed by atoms with Gasteiger partial charge in [0, 0.05) is 18.7 Å². The minimum absolute atomic E-state index is 0.0966. The van der Waals surface area contributed by atoms with Crippen molar-refractivity contribution in [3.8, 4) is 0 Å². The van der Waals surface area contributed by atoms with Crippen LogP contribution in [0.5, 0.6) is 0 Å². The number of hydrogen-bond acceptors (Lipinski definition) is 3. The highest BCUT2D eigenvalue weighted by molar-refractivity contribution is 5.99. The first-order valence-electron chi connectivity index (χ1n) is 8.67. The van der Waals surface area contributed by atoms with Crippen LogP contribution in [0.1, 0.15) is 47.2 Å². The Morgan fingerprint density at radius 2 is 1.88 bits per heavy atom. The lowest BCUT2D eigenvalue weighted by Crippen LogP contribution is -2.36. The van der Waals surface area contributed by atoms with Crippen molar-refractivity contribution in [1.82, 2.24) is 0 Å². The number of carbonyl (C=O) groups is 2. The fourth-order valence-corrected chi connectivity index (χ4v) is 3.46. The van der Waals surface area contributed by atoms with E-state index >= 15 is 0 Å². The van der Waals surface area contributed by atoms with E-state index in [9.17, 15) is 9.59 Å². The number of hydrogen-bond donors (Lipinski definition) is 0. The van der Waals surface area contributed by atoms with E-state index in [1.165, 1.54) is 7.11 Å². The van der Waals surface area contributed by atoms with Crippen LogP contribution >= 0.6 is 0 Å². The fourth-order valence-electron chi connectivity index (χ4n) is 3.46. The quantitative estimate of drug-likeness (QED) is 0.794. The summed E-state index contributed by atoms with van der Waals surface area (Å²) in [6.45, 7) is 2.76. The van der Waals surface area contributed by atoms with E-state index in [2.05, 4.69) is 19.1 Å². The molecule has 0 aliphatic carbocycles. The predicted octanol–water partition coefficient (Wildman–Crippen LogP) is 3.95. The van der Waals surface area contributed by atoms with Crippen molar-refractivity contribution in [3.05, 3.63) is 65.2 Å². The number of esters is 1. The summed E-state index contributed by atoms with van der Waals surface area (Å²) in [5, 5.41) is 0. The largest absolute Gasteiger partial charge is 0.465 e. The summed E-state index contributed by atoms with van der Waals surface area (Å²) in [5.41, 5.74) is 3.49. The zero-order valence-corrected chi connectivity index (χ0v) is 14.7. The molecule has 1 heterocycles. The molecule has 0 aromatic heterocycles. The maximum Gasteiger partial charge on any atom is 0.338 e. The van der Waals surface area contributed by atoms with Gasteiger partial charge in [-0.05, 0) is 42.0 Å². The first-order chi connectivity index (χ1) is 12.1. The van der Waals surface area contributed by atoms with E-state index in [-0.39, 0.29) is 17.8 Å². The van der Waals surface area contributed by atoms with Crippen LogP contribution in [0, 0.1) is 0 Å². The van der Waals surface area contributed by atoms with E-state index in [0.29, 0.717) is 18.5 Å². The van der Waals surface area contributed by atoms with Crippen LogP contribution in [-0.4, -0.2) is 25.5 Å². The van der Waals surface area contributed by atoms with Crippen LogP contribution < -0.4 is 4.90 Å². The Hall–Kier alpha value is -2.62. The van der Waals surface area contributed by atoms with E-state index in [1.54, 1.807) is 6.07 Å². The van der Waals surface area contributed by atoms with Crippen LogP contribution in [0.4, 0.5) is 5.69 Å². The van der Waals surface area contributed by atoms with Gasteiger partial charge in [0.2, 0.25) is 5.91 Å². The van der Waals surface area contributed by atoms with Gasteiger partial charge in [-0.3, -0.25) is 4.79 Å². The highest BCUT2D eigenvalue weighted by atomic mass is 16.5. The Balaban J connectivity index is 1.83. The number of amides is 1. The van der Waals surface area contributed by atoms with Crippen molar-refractivity contribution in [3.63, 3.8) is 0 Å². The monoisotopic (exact) mass is 337 g/mol. The zero-order valence-electron chi connectivity index (χ0n) is 14.7. The van der Waals surface area contributed by atoms with Crippen LogP contribution in [0.25, 0.3) is 0 Å². The van der Waals surface area contributed by atoms with Crippen LogP contribution in [0.3, 0.4) is 0 Å². The van der Waals surface area contributed by atoms with Gasteiger partial charge in [-0.2, -0.15) is 0 Å². The van der Waals surface area contributed by atoms with Crippen LogP contribution in [0.15, 0.2) is 48.5 Å². The number of benzene rings is 2. The first-order valence-corrected chi connectivity index (χ1v) is 8.67. The van der Waals surface area contributed by atoms with Gasteiger partial charge in [-0.1, -0.05) is 43.3 Å². The molecule has 4 heteroatoms. The molecule has 0 N–H and O–H groups in total. The molecular weight excluding hydrogens is 314 g/mol. The van der Waals surface area contributed by atoms with E-state index < -0.39 is 0 Å². The molecule has 1 aliphatic heterocycles. The molecule has 0 bridgehead atoms. The van der Waals surface area contributed by atoms with Crippen molar-refractivity contribution in [2.24, 2.45) is 0 Å². The number of ether oxygens (including phenoxy) is 1. The molecule has 4 nitrogen and oxygen atoms in total. The normalized spacial score (nSPS) is 14.6. The van der Waals surface area contributed by atoms with Gasteiger partial charge < -0.3 is 9.64 Å². The minimum atomic E-state index is -0.344. The summed E-state index contributed by atoms with van der Waals surface area (Å²) >= 11 is 0. The molecule has 0 unspecified atom stereocenters. The molecule has 0 saturated heterocycles. The van der Waals surface area contributed by atoms with Crippen LogP contribution in [-0.2, 0) is 16.0 Å². The van der Waals surface area contributed by atoms with Gasteiger partial charge in [0.25, 0.3) is 0 Å². The third-order valence-electron chi connectivity index (χ3n) is 4.81. The summed E-state index contributed by atoms with van der Waals surface area (Å²) in [5.74, 6) is -0.0917. The standard InChI is InChI=1S/C21H23NO3/c1-15(16-8-4-3-5-9-16)14-20(23)22-13-7-11-17-18(21(24)25-2)10-6-12-19(17)22/h3-6,8-10,12,15H,7,11,13-14H2,1-2H3/t15-/m0/s1. The van der Waals surface area contributed by atoms with Gasteiger partial charge in [-0.15, -0.1) is 0 Å². The topological polar surface area (TPSA) is 46.6 Å². The fraction of sp³-hybridized carbons (Fsp3) is 0.333. The van der Waals surface area contributed by atoms with Gasteiger partial charge in [0.15, 0.2) is 0 Å². The Morgan fingerprint density at radius 3 is 2.60 bits per heavy atom. The molecule has 130 valence electrons. The summed E-state index contributed by atoms with van der Waals surface area (Å²) in [6, 6.07) is 15.6. The summed E-state index contributed by atoms with van der Waals surface area (Å²) in [4.78, 5) is 26.7. The molecule has 2 aromatic rings. The Bertz CT molecular complexity index is 770. The zero-order chi connectivity index (χ0) is 17.8. The molecule has 0 spiro atoms. The molecule has 2 aromatic carbocycles. The summed E-state index contributed by atoms with van der Waals surface area (Å²) in [7, 11) is 1.38. The van der Waals surface area contributed by atoms with Crippen molar-refractivity contribution in [2.45, 2.75) is 32.1 Å². The molecule has 0 radical (unpaired) electrons. The van der Waals surface area contributed by atoms with Gasteiger partial charge in [0.1, 0.15) is 0 Å². The molecule has 25 heavy (non-hydrogen) atoms. The molecule has 1 aliphatic rings. The third-order valence-corrected chi connectivity index (χ3v) is 4.81. The highest BCUT2D eigenvalue weighted by Gasteiger charge is 2.27. The molecular formula is C21H23NO3. The molecule has 0 fully saturated rings. The van der Waals surface area contributed by atoms with Gasteiger partial charge in [0.05, 0.1) is 12.7 Å². The maximum absolute atomic E-state index is 12.9. The average molecular weight is 337 g/mol. The number of carbonyl (C=O) groups excluding carboxylic acids is 2. The van der Waals surface area contributed by atoms with Crippen molar-refractivity contribution in [2.75, 3.05) is 18.6 Å². The van der Waals surface area contributed by atoms with Crippen LogP contribution in [0.2, 0.25) is 0 Å². The smallest absolute Gasteiger partial charge is 0.338 e. The number of anilines is 1. The second-order valence-electron chi connectivity index (χ2n) is 6.46. The maximum atomic E-state index is 12.9. The second kappa shape index (κ2) is 7.51. The van der Waals surface area contributed by atoms with Crippen molar-refractivity contribution >= 4 is 17.6 Å². The number of nitrogens with zero attached hydrogens (tertiary/aromatic N) is 1. The average Bonchev–Trinajstić information content (AvgIpc) is 2.67. The molecule has 1 amide bonds. The Labute approximate surface area is 148 Å². The summed E-state index contributed by atoms with van der Waals surface area (Å²) < 4.78 is 4.88. The lowest BCUT2D eigenvalue weighted by Gasteiger charge is -2.31. The SMILES string of the molecule is COC(=O)c1cccc2c1CCCN2C(=O)C[C@H](C)c1ccccc1. The lowest BCUT2D eigenvalue weighted by atomic mass is 9.94. The molecule has 1 atom stereocenters. The van der Waals surface area contributed by atoms with Gasteiger partial charge in [-0.25, -0.2) is 4.79 Å². The Kier molecular flexibility index (Phi) is 5.17. The van der Waals surface area contributed by atoms with Crippen molar-refractivity contribution in [1.29, 1.82) is 0 Å². The Morgan fingerprint density at radius 1 is 1.12 bits per heavy atom. The third kappa shape index (κ3) is 3.58. The summed E-state index contributed by atoms with van der Waals surface area (Å²) in [6.07, 6.45) is 2.09. The number of rotatable bonds is 4.